The van der Waals surface area contributed by atoms with Crippen LogP contribution in [0.1, 0.15) is 44.1 Å². The molecule has 0 aliphatic carbocycles. The van der Waals surface area contributed by atoms with Crippen molar-refractivity contribution < 1.29 is 9.59 Å². The van der Waals surface area contributed by atoms with Gasteiger partial charge >= 0.3 is 0 Å². The van der Waals surface area contributed by atoms with Gasteiger partial charge < -0.3 is 16.0 Å². The first kappa shape index (κ1) is 20.5. The second-order valence-corrected chi connectivity index (χ2v) is 6.18. The van der Waals surface area contributed by atoms with Crippen molar-refractivity contribution in [2.45, 2.75) is 44.6 Å². The second-order valence-electron chi connectivity index (χ2n) is 6.18. The summed E-state index contributed by atoms with van der Waals surface area (Å²) < 4.78 is 0. The largest absolute Gasteiger partial charge is 0.356 e. The Balaban J connectivity index is 0.00000288. The van der Waals surface area contributed by atoms with Crippen LogP contribution in [0.4, 0.5) is 0 Å². The molecule has 1 aromatic rings. The summed E-state index contributed by atoms with van der Waals surface area (Å²) in [5.74, 6) is 0.329. The van der Waals surface area contributed by atoms with Gasteiger partial charge in [-0.05, 0) is 18.4 Å². The molecular weight excluding hydrogens is 326 g/mol. The maximum atomic E-state index is 12.3. The van der Waals surface area contributed by atoms with Gasteiger partial charge in [-0.2, -0.15) is 0 Å². The summed E-state index contributed by atoms with van der Waals surface area (Å²) in [6, 6.07) is 10.1. The molecule has 6 heteroatoms. The van der Waals surface area contributed by atoms with Crippen LogP contribution in [0.25, 0.3) is 0 Å². The van der Waals surface area contributed by atoms with Crippen LogP contribution in [0.5, 0.6) is 0 Å². The number of carbonyl (C=O) groups excluding carboxylic acids is 2. The molecular formula is C18H28ClN3O2. The molecule has 1 aliphatic heterocycles. The molecule has 24 heavy (non-hydrogen) atoms. The number of rotatable bonds is 7. The number of nitrogens with zero attached hydrogens (tertiary/aromatic N) is 1. The highest BCUT2D eigenvalue weighted by Gasteiger charge is 2.33. The van der Waals surface area contributed by atoms with Gasteiger partial charge in [0.2, 0.25) is 11.8 Å². The van der Waals surface area contributed by atoms with E-state index >= 15 is 0 Å². The third-order valence-corrected chi connectivity index (χ3v) is 4.31. The average Bonchev–Trinajstić information content (AvgIpc) is 2.95. The van der Waals surface area contributed by atoms with E-state index in [-0.39, 0.29) is 36.2 Å². The van der Waals surface area contributed by atoms with E-state index in [9.17, 15) is 9.59 Å². The summed E-state index contributed by atoms with van der Waals surface area (Å²) >= 11 is 0. The zero-order valence-corrected chi connectivity index (χ0v) is 15.1. The Morgan fingerprint density at radius 1 is 1.21 bits per heavy atom. The Hall–Kier alpha value is -1.59. The van der Waals surface area contributed by atoms with E-state index in [1.165, 1.54) is 5.56 Å². The van der Waals surface area contributed by atoms with Gasteiger partial charge in [0, 0.05) is 44.4 Å². The van der Waals surface area contributed by atoms with Crippen LogP contribution in [0, 0.1) is 0 Å². The third kappa shape index (κ3) is 5.80. The maximum Gasteiger partial charge on any atom is 0.222 e. The molecule has 1 aliphatic rings. The lowest BCUT2D eigenvalue weighted by molar-refractivity contribution is -0.130. The summed E-state index contributed by atoms with van der Waals surface area (Å²) in [6.07, 6.45) is 2.34. The molecule has 2 atom stereocenters. The standard InChI is InChI=1S/C18H27N3O2.ClH/c1-2-11-20-17(22)9-6-10-18(23)21-12-15(16(19)13-21)14-7-4-3-5-8-14;/h3-5,7-8,15-16H,2,6,9-13,19H2,1H3,(H,20,22);1H/t15-,16+;/m0./s1. The normalized spacial score (nSPS) is 19.7. The van der Waals surface area contributed by atoms with E-state index in [1.807, 2.05) is 30.0 Å². The number of likely N-dealkylation sites (tertiary alicyclic amines) is 1. The smallest absolute Gasteiger partial charge is 0.222 e. The van der Waals surface area contributed by atoms with E-state index in [2.05, 4.69) is 17.4 Å². The predicted octanol–water partition coefficient (Wildman–Crippen LogP) is 2.06. The highest BCUT2D eigenvalue weighted by Crippen LogP contribution is 2.26. The molecule has 0 aromatic heterocycles. The topological polar surface area (TPSA) is 75.4 Å². The molecule has 3 N–H and O–H groups in total. The van der Waals surface area contributed by atoms with Crippen molar-refractivity contribution in [2.24, 2.45) is 5.73 Å². The predicted molar refractivity (Wildman–Crippen MR) is 98.1 cm³/mol. The van der Waals surface area contributed by atoms with Crippen LogP contribution in [0.3, 0.4) is 0 Å². The molecule has 1 saturated heterocycles. The number of nitrogens with two attached hydrogens (primary N) is 1. The van der Waals surface area contributed by atoms with E-state index in [4.69, 9.17) is 5.73 Å². The highest BCUT2D eigenvalue weighted by molar-refractivity contribution is 5.85. The van der Waals surface area contributed by atoms with Crippen LogP contribution in [0.2, 0.25) is 0 Å². The Labute approximate surface area is 150 Å². The van der Waals surface area contributed by atoms with Crippen molar-refractivity contribution in [3.63, 3.8) is 0 Å². The lowest BCUT2D eigenvalue weighted by Crippen LogP contribution is -2.32. The van der Waals surface area contributed by atoms with Gasteiger partial charge in [-0.25, -0.2) is 0 Å². The number of carbonyl (C=O) groups is 2. The Morgan fingerprint density at radius 2 is 1.92 bits per heavy atom. The van der Waals surface area contributed by atoms with Crippen LogP contribution >= 0.6 is 12.4 Å². The first-order valence-corrected chi connectivity index (χ1v) is 8.46. The lowest BCUT2D eigenvalue weighted by atomic mass is 9.95. The zero-order valence-electron chi connectivity index (χ0n) is 14.2. The SMILES string of the molecule is CCCNC(=O)CCCC(=O)N1C[C@@H](N)[C@H](c2ccccc2)C1.Cl. The fourth-order valence-corrected chi connectivity index (χ4v) is 3.00. The van der Waals surface area contributed by atoms with E-state index in [0.717, 1.165) is 6.42 Å². The van der Waals surface area contributed by atoms with Gasteiger partial charge in [-0.3, -0.25) is 9.59 Å². The number of hydrogen-bond donors (Lipinski definition) is 2. The van der Waals surface area contributed by atoms with Crippen molar-refractivity contribution in [1.82, 2.24) is 10.2 Å². The first-order valence-electron chi connectivity index (χ1n) is 8.46. The monoisotopic (exact) mass is 353 g/mol. The van der Waals surface area contributed by atoms with Crippen molar-refractivity contribution in [1.29, 1.82) is 0 Å². The summed E-state index contributed by atoms with van der Waals surface area (Å²) in [7, 11) is 0. The van der Waals surface area contributed by atoms with Crippen LogP contribution in [-0.4, -0.2) is 42.4 Å². The minimum atomic E-state index is -0.0193. The molecule has 0 spiro atoms. The zero-order chi connectivity index (χ0) is 16.7. The third-order valence-electron chi connectivity index (χ3n) is 4.31. The van der Waals surface area contributed by atoms with Gasteiger partial charge in [0.1, 0.15) is 0 Å². The van der Waals surface area contributed by atoms with Crippen molar-refractivity contribution >= 4 is 24.2 Å². The van der Waals surface area contributed by atoms with Crippen LogP contribution in [-0.2, 0) is 9.59 Å². The first-order chi connectivity index (χ1) is 11.1. The maximum absolute atomic E-state index is 12.3. The Bertz CT molecular complexity index is 524. The lowest BCUT2D eigenvalue weighted by Gasteiger charge is -2.16. The molecule has 1 fully saturated rings. The fraction of sp³-hybridized carbons (Fsp3) is 0.556. The van der Waals surface area contributed by atoms with E-state index < -0.39 is 0 Å². The quantitative estimate of drug-likeness (QED) is 0.787. The Morgan fingerprint density at radius 3 is 2.58 bits per heavy atom. The molecule has 5 nitrogen and oxygen atoms in total. The van der Waals surface area contributed by atoms with Crippen LogP contribution < -0.4 is 11.1 Å². The molecule has 0 bridgehead atoms. The van der Waals surface area contributed by atoms with E-state index in [1.54, 1.807) is 0 Å². The fourth-order valence-electron chi connectivity index (χ4n) is 3.00. The number of amides is 2. The van der Waals surface area contributed by atoms with Crippen molar-refractivity contribution in [2.75, 3.05) is 19.6 Å². The average molecular weight is 354 g/mol. The Kier molecular flexibility index (Phi) is 8.79. The van der Waals surface area contributed by atoms with Crippen molar-refractivity contribution in [3.05, 3.63) is 35.9 Å². The van der Waals surface area contributed by atoms with Gasteiger partial charge in [0.15, 0.2) is 0 Å². The molecule has 0 radical (unpaired) electrons. The van der Waals surface area contributed by atoms with Crippen molar-refractivity contribution in [3.8, 4) is 0 Å². The minimum Gasteiger partial charge on any atom is -0.356 e. The van der Waals surface area contributed by atoms with E-state index in [0.29, 0.717) is 38.9 Å². The van der Waals surface area contributed by atoms with Gasteiger partial charge in [-0.1, -0.05) is 37.3 Å². The molecule has 0 unspecified atom stereocenters. The molecule has 134 valence electrons. The van der Waals surface area contributed by atoms with Gasteiger partial charge in [0.25, 0.3) is 0 Å². The van der Waals surface area contributed by atoms with Gasteiger partial charge in [0.05, 0.1) is 0 Å². The highest BCUT2D eigenvalue weighted by atomic mass is 35.5. The summed E-state index contributed by atoms with van der Waals surface area (Å²) in [4.78, 5) is 25.7. The van der Waals surface area contributed by atoms with Gasteiger partial charge in [-0.15, -0.1) is 12.4 Å². The summed E-state index contributed by atoms with van der Waals surface area (Å²) in [5.41, 5.74) is 7.40. The molecule has 0 saturated carbocycles. The molecule has 1 heterocycles. The number of hydrogen-bond acceptors (Lipinski definition) is 3. The number of nitrogens with one attached hydrogen (secondary N) is 1. The summed E-state index contributed by atoms with van der Waals surface area (Å²) in [6.45, 7) is 3.99. The number of halogens is 1. The second kappa shape index (κ2) is 10.3. The summed E-state index contributed by atoms with van der Waals surface area (Å²) in [5, 5.41) is 2.83. The van der Waals surface area contributed by atoms with Crippen LogP contribution in [0.15, 0.2) is 30.3 Å². The number of benzene rings is 1. The molecule has 1 aromatic carbocycles. The molecule has 2 amide bonds. The minimum absolute atomic E-state index is 0. The molecule has 2 rings (SSSR count).